The van der Waals surface area contributed by atoms with Gasteiger partial charge in [0.25, 0.3) is 0 Å². The maximum absolute atomic E-state index is 2.44. The summed E-state index contributed by atoms with van der Waals surface area (Å²) in [6.45, 7) is 4.74. The predicted molar refractivity (Wildman–Crippen MR) is 118 cm³/mol. The fourth-order valence-electron chi connectivity index (χ4n) is 5.90. The normalized spacial score (nSPS) is 24.7. The zero-order valence-electron chi connectivity index (χ0n) is 18.5. The van der Waals surface area contributed by atoms with Crippen molar-refractivity contribution in [3.8, 4) is 0 Å². The molecule has 3 aliphatic carbocycles. The zero-order valence-corrected chi connectivity index (χ0v) is 18.5. The number of unbranched alkanes of at least 4 members (excludes halogenated alkanes) is 1. The van der Waals surface area contributed by atoms with Crippen LogP contribution in [0.25, 0.3) is 0 Å². The highest BCUT2D eigenvalue weighted by Gasteiger charge is 2.24. The van der Waals surface area contributed by atoms with Gasteiger partial charge in [0.1, 0.15) is 0 Å². The van der Waals surface area contributed by atoms with E-state index >= 15 is 0 Å². The lowest BCUT2D eigenvalue weighted by Crippen LogP contribution is -2.20. The molecule has 0 spiro atoms. The number of hydrogen-bond donors (Lipinski definition) is 0. The minimum absolute atomic E-state index is 0.983. The Balaban J connectivity index is 0.000000189. The second-order valence-corrected chi connectivity index (χ2v) is 10.1. The van der Waals surface area contributed by atoms with Crippen molar-refractivity contribution in [2.24, 2.45) is 23.7 Å². The van der Waals surface area contributed by atoms with Gasteiger partial charge >= 0.3 is 0 Å². The third kappa shape index (κ3) is 9.27. The van der Waals surface area contributed by atoms with Crippen molar-refractivity contribution in [3.63, 3.8) is 0 Å². The quantitative estimate of drug-likeness (QED) is 0.423. The predicted octanol–water partition coefficient (Wildman–Crippen LogP) is 9.32. The Morgan fingerprint density at radius 2 is 1.08 bits per heavy atom. The smallest absolute Gasteiger partial charge is 0.0386 e. The van der Waals surface area contributed by atoms with Gasteiger partial charge in [-0.05, 0) is 23.7 Å². The van der Waals surface area contributed by atoms with E-state index in [2.05, 4.69) is 13.8 Å². The molecule has 0 heteroatoms. The van der Waals surface area contributed by atoms with Gasteiger partial charge in [-0.2, -0.15) is 0 Å². The molecular formula is C26H50. The van der Waals surface area contributed by atoms with Crippen LogP contribution in [0.4, 0.5) is 0 Å². The Labute approximate surface area is 166 Å². The molecular weight excluding hydrogens is 312 g/mol. The summed E-state index contributed by atoms with van der Waals surface area (Å²) >= 11 is 0. The maximum atomic E-state index is 2.44. The van der Waals surface area contributed by atoms with E-state index in [1.807, 2.05) is 0 Å². The van der Waals surface area contributed by atoms with Crippen molar-refractivity contribution < 1.29 is 0 Å². The van der Waals surface area contributed by atoms with E-state index in [0.29, 0.717) is 0 Å². The van der Waals surface area contributed by atoms with Crippen LogP contribution in [-0.2, 0) is 0 Å². The zero-order chi connectivity index (χ0) is 18.5. The van der Waals surface area contributed by atoms with Gasteiger partial charge in [-0.25, -0.2) is 0 Å². The highest BCUT2D eigenvalue weighted by atomic mass is 14.3. The van der Waals surface area contributed by atoms with E-state index in [1.54, 1.807) is 25.7 Å². The van der Waals surface area contributed by atoms with E-state index in [-0.39, 0.29) is 0 Å². The number of rotatable bonds is 7. The molecule has 26 heavy (non-hydrogen) atoms. The third-order valence-electron chi connectivity index (χ3n) is 7.81. The van der Waals surface area contributed by atoms with Gasteiger partial charge in [0.2, 0.25) is 0 Å². The van der Waals surface area contributed by atoms with Gasteiger partial charge in [0.05, 0.1) is 0 Å². The van der Waals surface area contributed by atoms with Crippen LogP contribution in [0, 0.1) is 23.7 Å². The summed E-state index contributed by atoms with van der Waals surface area (Å²) < 4.78 is 0. The van der Waals surface area contributed by atoms with Crippen molar-refractivity contribution in [2.75, 3.05) is 0 Å². The maximum Gasteiger partial charge on any atom is -0.0386 e. The van der Waals surface area contributed by atoms with Gasteiger partial charge in [0.15, 0.2) is 0 Å². The highest BCUT2D eigenvalue weighted by molar-refractivity contribution is 4.76. The third-order valence-corrected chi connectivity index (χ3v) is 7.81. The molecule has 0 N–H and O–H groups in total. The average molecular weight is 363 g/mol. The van der Waals surface area contributed by atoms with Gasteiger partial charge in [-0.1, -0.05) is 142 Å². The first-order valence-corrected chi connectivity index (χ1v) is 12.8. The van der Waals surface area contributed by atoms with Crippen LogP contribution in [0.5, 0.6) is 0 Å². The second kappa shape index (κ2) is 14.1. The molecule has 3 fully saturated rings. The molecule has 0 amide bonds. The monoisotopic (exact) mass is 362 g/mol. The van der Waals surface area contributed by atoms with Crippen molar-refractivity contribution in [1.29, 1.82) is 0 Å². The Morgan fingerprint density at radius 1 is 0.615 bits per heavy atom. The van der Waals surface area contributed by atoms with Gasteiger partial charge in [-0.3, -0.25) is 0 Å². The van der Waals surface area contributed by atoms with Crippen molar-refractivity contribution in [3.05, 3.63) is 0 Å². The molecule has 0 aromatic rings. The molecule has 0 radical (unpaired) electrons. The van der Waals surface area contributed by atoms with Gasteiger partial charge in [0, 0.05) is 0 Å². The molecule has 1 unspecified atom stereocenters. The standard InChI is InChI=1S/C14H28.C12H22/c1-3-4-8-13(2)11-12-14-9-6-5-7-10-14;1-3-7-11(8-4-1)12-9-5-2-6-10-12/h13-14H,3-12H2,1-2H3;11-12H,1-10H2. The fraction of sp³-hybridized carbons (Fsp3) is 1.00. The van der Waals surface area contributed by atoms with Crippen LogP contribution in [0.15, 0.2) is 0 Å². The minimum atomic E-state index is 0.983. The van der Waals surface area contributed by atoms with Crippen LogP contribution < -0.4 is 0 Å². The summed E-state index contributed by atoms with van der Waals surface area (Å²) in [6, 6.07) is 0. The van der Waals surface area contributed by atoms with Gasteiger partial charge in [-0.15, -0.1) is 0 Å². The van der Waals surface area contributed by atoms with E-state index in [9.17, 15) is 0 Å². The molecule has 154 valence electrons. The van der Waals surface area contributed by atoms with E-state index in [0.717, 1.165) is 23.7 Å². The number of hydrogen-bond acceptors (Lipinski definition) is 0. The largest absolute Gasteiger partial charge is 0.0654 e. The van der Waals surface area contributed by atoms with E-state index in [4.69, 9.17) is 0 Å². The molecule has 3 saturated carbocycles. The Kier molecular flexibility index (Phi) is 12.1. The van der Waals surface area contributed by atoms with Gasteiger partial charge < -0.3 is 0 Å². The Hall–Kier alpha value is 0. The van der Waals surface area contributed by atoms with Crippen molar-refractivity contribution in [2.45, 2.75) is 142 Å². The SMILES string of the molecule is C1CCC(C2CCCCC2)CC1.CCCCC(C)CCC1CCCCC1. The Bertz CT molecular complexity index is 286. The molecule has 3 aliphatic rings. The molecule has 0 aliphatic heterocycles. The van der Waals surface area contributed by atoms with Crippen LogP contribution in [0.3, 0.4) is 0 Å². The molecule has 0 saturated heterocycles. The topological polar surface area (TPSA) is 0 Å². The summed E-state index contributed by atoms with van der Waals surface area (Å²) in [6.07, 6.45) is 30.2. The molecule has 0 aromatic heterocycles. The lowest BCUT2D eigenvalue weighted by molar-refractivity contribution is 0.196. The summed E-state index contributed by atoms with van der Waals surface area (Å²) in [5.41, 5.74) is 0. The second-order valence-electron chi connectivity index (χ2n) is 10.1. The molecule has 3 rings (SSSR count). The lowest BCUT2D eigenvalue weighted by atomic mass is 9.73. The summed E-state index contributed by atoms with van der Waals surface area (Å²) in [4.78, 5) is 0. The molecule has 0 bridgehead atoms. The van der Waals surface area contributed by atoms with Crippen LogP contribution in [0.1, 0.15) is 142 Å². The fourth-order valence-corrected chi connectivity index (χ4v) is 5.90. The molecule has 1 atom stereocenters. The van der Waals surface area contributed by atoms with E-state index in [1.165, 1.54) is 103 Å². The van der Waals surface area contributed by atoms with Crippen molar-refractivity contribution >= 4 is 0 Å². The molecule has 0 aromatic carbocycles. The first-order valence-electron chi connectivity index (χ1n) is 12.8. The molecule has 0 heterocycles. The Morgan fingerprint density at radius 3 is 1.54 bits per heavy atom. The summed E-state index contributed by atoms with van der Waals surface area (Å²) in [5.74, 6) is 4.35. The first-order chi connectivity index (χ1) is 12.8. The average Bonchev–Trinajstić information content (AvgIpc) is 2.73. The first kappa shape index (κ1) is 22.3. The van der Waals surface area contributed by atoms with Crippen LogP contribution in [-0.4, -0.2) is 0 Å². The van der Waals surface area contributed by atoms with Crippen molar-refractivity contribution in [1.82, 2.24) is 0 Å². The minimum Gasteiger partial charge on any atom is -0.0654 e. The lowest BCUT2D eigenvalue weighted by Gasteiger charge is -2.32. The van der Waals surface area contributed by atoms with Crippen LogP contribution in [0.2, 0.25) is 0 Å². The highest BCUT2D eigenvalue weighted by Crippen LogP contribution is 2.37. The summed E-state index contributed by atoms with van der Waals surface area (Å²) in [5, 5.41) is 0. The molecule has 0 nitrogen and oxygen atoms in total. The summed E-state index contributed by atoms with van der Waals surface area (Å²) in [7, 11) is 0. The van der Waals surface area contributed by atoms with Crippen LogP contribution >= 0.6 is 0 Å². The van der Waals surface area contributed by atoms with E-state index < -0.39 is 0 Å².